The second-order valence-electron chi connectivity index (χ2n) is 10.2. The highest BCUT2D eigenvalue weighted by Gasteiger charge is 2.65. The van der Waals surface area contributed by atoms with Crippen molar-refractivity contribution in [3.8, 4) is 0 Å². The Balaban J connectivity index is 1.42. The van der Waals surface area contributed by atoms with Gasteiger partial charge in [-0.1, -0.05) is 0 Å². The number of carbonyl (C=O) groups excluding carboxylic acids is 1. The summed E-state index contributed by atoms with van der Waals surface area (Å²) in [5.41, 5.74) is -6.65. The van der Waals surface area contributed by atoms with E-state index in [2.05, 4.69) is 15.3 Å². The Bertz CT molecular complexity index is 965. The molecule has 1 amide bonds. The predicted molar refractivity (Wildman–Crippen MR) is 111 cm³/mol. The number of carbonyl (C=O) groups is 1. The van der Waals surface area contributed by atoms with Gasteiger partial charge in [0.15, 0.2) is 5.69 Å². The third kappa shape index (κ3) is 4.27. The smallest absolute Gasteiger partial charge is 0.349 e. The Morgan fingerprint density at radius 3 is 2.24 bits per heavy atom. The maximum Gasteiger partial charge on any atom is 0.434 e. The maximum atomic E-state index is 15.2. The number of amides is 1. The van der Waals surface area contributed by atoms with Crippen molar-refractivity contribution in [1.29, 1.82) is 0 Å². The van der Waals surface area contributed by atoms with Gasteiger partial charge in [-0.15, -0.1) is 0 Å². The minimum Gasteiger partial charge on any atom is -0.349 e. The normalized spacial score (nSPS) is 38.3. The van der Waals surface area contributed by atoms with Crippen molar-refractivity contribution < 1.29 is 35.9 Å². The molecule has 7 nitrogen and oxygen atoms in total. The lowest BCUT2D eigenvalue weighted by atomic mass is 9.50. The van der Waals surface area contributed by atoms with E-state index in [0.717, 1.165) is 11.1 Å². The maximum absolute atomic E-state index is 15.2. The third-order valence-electron chi connectivity index (χ3n) is 7.26. The molecule has 0 spiro atoms. The van der Waals surface area contributed by atoms with E-state index in [9.17, 15) is 27.1 Å². The van der Waals surface area contributed by atoms with Crippen molar-refractivity contribution >= 4 is 22.4 Å². The molecule has 0 radical (unpaired) electrons. The van der Waals surface area contributed by atoms with Crippen molar-refractivity contribution in [3.63, 3.8) is 0 Å². The van der Waals surface area contributed by atoms with Crippen LogP contribution in [-0.2, 0) is 6.18 Å². The number of hydrogen-bond acceptors (Lipinski definition) is 6. The van der Waals surface area contributed by atoms with Gasteiger partial charge in [0.1, 0.15) is 11.3 Å². The standard InChI is InChI=1S/C20H25F5N4O3S/c21-17-5-12-6-18(22,9-17)11-19(7-12,10-17)28-16-26-8-13(14(27-16)20(23,24)25)15(30)29-1-3-33(31,32)4-2-29/h8,12,31-32H,1-7,9-11H2,(H,26,27,28). The lowest BCUT2D eigenvalue weighted by molar-refractivity contribution is -0.142. The van der Waals surface area contributed by atoms with Crippen LogP contribution in [-0.4, -0.2) is 71.4 Å². The summed E-state index contributed by atoms with van der Waals surface area (Å²) < 4.78 is 91.2. The lowest BCUT2D eigenvalue weighted by Gasteiger charge is -2.61. The molecule has 3 N–H and O–H groups in total. The first-order valence-electron chi connectivity index (χ1n) is 10.8. The van der Waals surface area contributed by atoms with E-state index in [4.69, 9.17) is 0 Å². The lowest BCUT2D eigenvalue weighted by Crippen LogP contribution is -2.65. The number of rotatable bonds is 3. The average Bonchev–Trinajstić information content (AvgIpc) is 2.63. The zero-order valence-corrected chi connectivity index (χ0v) is 18.5. The van der Waals surface area contributed by atoms with Crippen molar-refractivity contribution in [2.24, 2.45) is 5.92 Å². The summed E-state index contributed by atoms with van der Waals surface area (Å²) in [4.78, 5) is 21.4. The summed E-state index contributed by atoms with van der Waals surface area (Å²) in [6, 6.07) is 0. The van der Waals surface area contributed by atoms with Crippen LogP contribution in [0.25, 0.3) is 0 Å². The van der Waals surface area contributed by atoms with E-state index in [-0.39, 0.29) is 62.6 Å². The average molecular weight is 497 g/mol. The zero-order chi connectivity index (χ0) is 23.9. The van der Waals surface area contributed by atoms with Gasteiger partial charge in [-0.2, -0.15) is 23.8 Å². The molecule has 1 aromatic rings. The summed E-state index contributed by atoms with van der Waals surface area (Å²) >= 11 is 0. The molecule has 5 aliphatic rings. The fourth-order valence-electron chi connectivity index (χ4n) is 6.50. The predicted octanol–water partition coefficient (Wildman–Crippen LogP) is 4.27. The van der Waals surface area contributed by atoms with Gasteiger partial charge in [0.2, 0.25) is 5.95 Å². The largest absolute Gasteiger partial charge is 0.434 e. The minimum absolute atomic E-state index is 0.0201. The highest BCUT2D eigenvalue weighted by atomic mass is 32.3. The second kappa shape index (κ2) is 7.14. The highest BCUT2D eigenvalue weighted by Crippen LogP contribution is 2.62. The molecule has 4 bridgehead atoms. The Labute approximate surface area is 188 Å². The summed E-state index contributed by atoms with van der Waals surface area (Å²) in [5.74, 6) is -1.79. The number of anilines is 1. The van der Waals surface area contributed by atoms with Gasteiger partial charge in [0.05, 0.1) is 17.1 Å². The topological polar surface area (TPSA) is 98.6 Å². The Morgan fingerprint density at radius 2 is 1.70 bits per heavy atom. The number of nitrogens with zero attached hydrogens (tertiary/aromatic N) is 3. The van der Waals surface area contributed by atoms with Crippen LogP contribution in [0.2, 0.25) is 0 Å². The van der Waals surface area contributed by atoms with Gasteiger partial charge in [-0.05, 0) is 25.2 Å². The number of hydrogen-bond donors (Lipinski definition) is 3. The first-order valence-corrected chi connectivity index (χ1v) is 12.7. The van der Waals surface area contributed by atoms with Crippen molar-refractivity contribution in [2.45, 2.75) is 61.6 Å². The van der Waals surface area contributed by atoms with Crippen LogP contribution < -0.4 is 5.32 Å². The molecule has 5 fully saturated rings. The van der Waals surface area contributed by atoms with Gasteiger partial charge >= 0.3 is 6.18 Å². The number of aromatic nitrogens is 2. The summed E-state index contributed by atoms with van der Waals surface area (Å²) in [6.45, 7) is -0.194. The van der Waals surface area contributed by atoms with Crippen LogP contribution in [0.15, 0.2) is 6.20 Å². The molecule has 0 aromatic carbocycles. The quantitative estimate of drug-likeness (QED) is 0.541. The summed E-state index contributed by atoms with van der Waals surface area (Å²) in [7, 11) is -2.83. The first kappa shape index (κ1) is 23.0. The van der Waals surface area contributed by atoms with Gasteiger partial charge in [-0.25, -0.2) is 18.7 Å². The van der Waals surface area contributed by atoms with Crippen LogP contribution >= 0.6 is 10.6 Å². The zero-order valence-electron chi connectivity index (χ0n) is 17.7. The van der Waals surface area contributed by atoms with Gasteiger partial charge in [-0.3, -0.25) is 13.9 Å². The minimum atomic E-state index is -4.97. The van der Waals surface area contributed by atoms with Crippen LogP contribution in [0.4, 0.5) is 27.9 Å². The Kier molecular flexibility index (Phi) is 4.98. The van der Waals surface area contributed by atoms with Crippen LogP contribution in [0.3, 0.4) is 0 Å². The van der Waals surface area contributed by atoms with E-state index in [0.29, 0.717) is 6.42 Å². The molecule has 4 saturated carbocycles. The molecule has 13 heteroatoms. The molecule has 1 saturated heterocycles. The number of halogens is 5. The highest BCUT2D eigenvalue weighted by molar-refractivity contribution is 8.24. The van der Waals surface area contributed by atoms with E-state index in [1.54, 1.807) is 0 Å². The number of nitrogens with one attached hydrogen (secondary N) is 1. The monoisotopic (exact) mass is 496 g/mol. The fourth-order valence-corrected chi connectivity index (χ4v) is 7.73. The van der Waals surface area contributed by atoms with Crippen LogP contribution in [0.5, 0.6) is 0 Å². The fraction of sp³-hybridized carbons (Fsp3) is 0.750. The third-order valence-corrected chi connectivity index (χ3v) is 8.93. The van der Waals surface area contributed by atoms with E-state index in [1.165, 1.54) is 0 Å². The molecule has 33 heavy (non-hydrogen) atoms. The molecule has 6 rings (SSSR count). The summed E-state index contributed by atoms with van der Waals surface area (Å²) in [5, 5.41) is 2.82. The molecule has 2 atom stereocenters. The molecule has 4 aliphatic carbocycles. The van der Waals surface area contributed by atoms with Crippen molar-refractivity contribution in [2.75, 3.05) is 29.9 Å². The Hall–Kier alpha value is -1.73. The van der Waals surface area contributed by atoms with E-state index in [1.807, 2.05) is 0 Å². The molecule has 2 unspecified atom stereocenters. The molecule has 184 valence electrons. The van der Waals surface area contributed by atoms with Crippen molar-refractivity contribution in [3.05, 3.63) is 17.5 Å². The van der Waals surface area contributed by atoms with Crippen LogP contribution in [0, 0.1) is 5.92 Å². The van der Waals surface area contributed by atoms with E-state index >= 15 is 8.78 Å². The van der Waals surface area contributed by atoms with Gasteiger partial charge in [0.25, 0.3) is 5.91 Å². The second-order valence-corrected chi connectivity index (χ2v) is 12.6. The van der Waals surface area contributed by atoms with E-state index < -0.39 is 56.8 Å². The van der Waals surface area contributed by atoms with Gasteiger partial charge in [0, 0.05) is 44.1 Å². The summed E-state index contributed by atoms with van der Waals surface area (Å²) in [6.07, 6.45) is -3.48. The van der Waals surface area contributed by atoms with Crippen LogP contribution in [0.1, 0.15) is 54.6 Å². The molecule has 1 aliphatic heterocycles. The number of alkyl halides is 5. The molecule has 1 aromatic heterocycles. The molecular weight excluding hydrogens is 471 g/mol. The molecular formula is C20H25F5N4O3S. The Morgan fingerprint density at radius 1 is 1.09 bits per heavy atom. The first-order chi connectivity index (χ1) is 15.2. The van der Waals surface area contributed by atoms with Gasteiger partial charge < -0.3 is 10.2 Å². The molecule has 2 heterocycles. The SMILES string of the molecule is O=C(c1cnc(NC23CC4CC(F)(CC(F)(C4)C2)C3)nc1C(F)(F)F)N1CCS(O)(O)CC1. The van der Waals surface area contributed by atoms with Crippen molar-refractivity contribution in [1.82, 2.24) is 14.9 Å².